The molecule has 2 aliphatic heterocycles. The maximum Gasteiger partial charge on any atom is 0.224 e. The Bertz CT molecular complexity index is 229. The minimum atomic E-state index is 0. The summed E-state index contributed by atoms with van der Waals surface area (Å²) in [5.74, 6) is 0.448. The first-order valence-electron chi connectivity index (χ1n) is 6.57. The zero-order valence-corrected chi connectivity index (χ0v) is 12.5. The van der Waals surface area contributed by atoms with E-state index in [2.05, 4.69) is 15.5 Å². The third kappa shape index (κ3) is 5.74. The molecule has 108 valence electrons. The number of hydrogen-bond donors (Lipinski definition) is 2. The Balaban J connectivity index is 0.00000144. The average molecular weight is 298 g/mol. The van der Waals surface area contributed by atoms with Crippen molar-refractivity contribution in [2.45, 2.75) is 25.7 Å². The van der Waals surface area contributed by atoms with Crippen LogP contribution in [0.25, 0.3) is 0 Å². The van der Waals surface area contributed by atoms with Crippen molar-refractivity contribution in [3.8, 4) is 0 Å². The van der Waals surface area contributed by atoms with Gasteiger partial charge in [0.15, 0.2) is 0 Å². The maximum absolute atomic E-state index is 11.7. The largest absolute Gasteiger partial charge is 0.355 e. The number of likely N-dealkylation sites (tertiary alicyclic amines) is 1. The molecule has 2 rings (SSSR count). The highest BCUT2D eigenvalue weighted by Gasteiger charge is 2.21. The van der Waals surface area contributed by atoms with Crippen molar-refractivity contribution in [2.75, 3.05) is 39.3 Å². The van der Waals surface area contributed by atoms with E-state index in [1.807, 2.05) is 0 Å². The Morgan fingerprint density at radius 1 is 1.22 bits per heavy atom. The molecule has 0 aromatic heterocycles. The minimum Gasteiger partial charge on any atom is -0.355 e. The van der Waals surface area contributed by atoms with Crippen molar-refractivity contribution in [1.82, 2.24) is 15.5 Å². The zero-order chi connectivity index (χ0) is 11.2. The molecule has 18 heavy (non-hydrogen) atoms. The van der Waals surface area contributed by atoms with Crippen LogP contribution < -0.4 is 10.6 Å². The Morgan fingerprint density at radius 2 is 1.94 bits per heavy atom. The zero-order valence-electron chi connectivity index (χ0n) is 10.8. The van der Waals surface area contributed by atoms with Gasteiger partial charge in [0.05, 0.1) is 5.92 Å². The number of amides is 1. The molecule has 1 atom stereocenters. The summed E-state index contributed by atoms with van der Waals surface area (Å²) in [5.41, 5.74) is 0. The van der Waals surface area contributed by atoms with E-state index < -0.39 is 0 Å². The number of hydrogen-bond acceptors (Lipinski definition) is 3. The van der Waals surface area contributed by atoms with Gasteiger partial charge >= 0.3 is 0 Å². The van der Waals surface area contributed by atoms with E-state index in [1.165, 1.54) is 32.4 Å². The molecule has 2 aliphatic rings. The molecule has 0 spiro atoms. The van der Waals surface area contributed by atoms with Gasteiger partial charge < -0.3 is 15.5 Å². The van der Waals surface area contributed by atoms with E-state index in [9.17, 15) is 4.79 Å². The van der Waals surface area contributed by atoms with Crippen molar-refractivity contribution < 1.29 is 4.79 Å². The lowest BCUT2D eigenvalue weighted by Crippen LogP contribution is -2.40. The Morgan fingerprint density at radius 3 is 2.56 bits per heavy atom. The predicted molar refractivity (Wildman–Crippen MR) is 78.8 cm³/mol. The second-order valence-electron chi connectivity index (χ2n) is 4.88. The van der Waals surface area contributed by atoms with Crippen LogP contribution in [0.5, 0.6) is 0 Å². The number of carbonyl (C=O) groups excluding carboxylic acids is 1. The van der Waals surface area contributed by atoms with Gasteiger partial charge in [-0.2, -0.15) is 0 Å². The summed E-state index contributed by atoms with van der Waals surface area (Å²) in [4.78, 5) is 14.2. The van der Waals surface area contributed by atoms with E-state index >= 15 is 0 Å². The van der Waals surface area contributed by atoms with E-state index in [-0.39, 0.29) is 36.6 Å². The van der Waals surface area contributed by atoms with E-state index in [4.69, 9.17) is 0 Å². The molecule has 2 N–H and O–H groups in total. The van der Waals surface area contributed by atoms with Gasteiger partial charge in [0.2, 0.25) is 5.91 Å². The predicted octanol–water partition coefficient (Wildman–Crippen LogP) is 1.04. The number of nitrogens with zero attached hydrogens (tertiary/aromatic N) is 1. The summed E-state index contributed by atoms with van der Waals surface area (Å²) >= 11 is 0. The molecule has 1 amide bonds. The number of rotatable bonds is 4. The lowest BCUT2D eigenvalue weighted by molar-refractivity contribution is -0.124. The van der Waals surface area contributed by atoms with Crippen molar-refractivity contribution in [3.63, 3.8) is 0 Å². The van der Waals surface area contributed by atoms with E-state index in [0.717, 1.165) is 32.6 Å². The summed E-state index contributed by atoms with van der Waals surface area (Å²) in [6, 6.07) is 0. The smallest absolute Gasteiger partial charge is 0.224 e. The fourth-order valence-corrected chi connectivity index (χ4v) is 2.54. The molecule has 0 bridgehead atoms. The first-order valence-corrected chi connectivity index (χ1v) is 6.57. The molecule has 4 nitrogen and oxygen atoms in total. The number of piperidine rings is 1. The van der Waals surface area contributed by atoms with Crippen molar-refractivity contribution in [1.29, 1.82) is 0 Å². The highest BCUT2D eigenvalue weighted by molar-refractivity contribution is 5.85. The monoisotopic (exact) mass is 297 g/mol. The molecule has 2 saturated heterocycles. The standard InChI is InChI=1S/C12H23N3O.2ClH/c16-12(11-4-5-13-10-11)14-6-9-15-7-2-1-3-8-15;;/h11,13H,1-10H2,(H,14,16);2*1H/t11-;;/m1../s1. The van der Waals surface area contributed by atoms with Crippen LogP contribution in [0, 0.1) is 5.92 Å². The molecule has 2 heterocycles. The van der Waals surface area contributed by atoms with E-state index in [0.29, 0.717) is 0 Å². The molecule has 0 aliphatic carbocycles. The molecule has 2 fully saturated rings. The normalized spacial score (nSPS) is 23.9. The van der Waals surface area contributed by atoms with Gasteiger partial charge in [-0.05, 0) is 38.9 Å². The van der Waals surface area contributed by atoms with Gasteiger partial charge in [-0.3, -0.25) is 4.79 Å². The first kappa shape index (κ1) is 18.0. The quantitative estimate of drug-likeness (QED) is 0.815. The summed E-state index contributed by atoms with van der Waals surface area (Å²) in [7, 11) is 0. The molecule has 0 aromatic rings. The minimum absolute atomic E-state index is 0. The van der Waals surface area contributed by atoms with Crippen LogP contribution in [0.2, 0.25) is 0 Å². The van der Waals surface area contributed by atoms with Gasteiger partial charge in [-0.1, -0.05) is 6.42 Å². The van der Waals surface area contributed by atoms with Gasteiger partial charge in [-0.15, -0.1) is 24.8 Å². The van der Waals surface area contributed by atoms with Crippen LogP contribution in [0.3, 0.4) is 0 Å². The number of nitrogens with one attached hydrogen (secondary N) is 2. The number of halogens is 2. The molecule has 6 heteroatoms. The van der Waals surface area contributed by atoms with Gasteiger partial charge in [0, 0.05) is 19.6 Å². The Labute approximate surface area is 122 Å². The van der Waals surface area contributed by atoms with Crippen molar-refractivity contribution in [3.05, 3.63) is 0 Å². The fraction of sp³-hybridized carbons (Fsp3) is 0.917. The topological polar surface area (TPSA) is 44.4 Å². The van der Waals surface area contributed by atoms with E-state index in [1.54, 1.807) is 0 Å². The lowest BCUT2D eigenvalue weighted by atomic mass is 10.1. The summed E-state index contributed by atoms with van der Waals surface area (Å²) in [6.45, 7) is 6.10. The van der Waals surface area contributed by atoms with Crippen LogP contribution >= 0.6 is 24.8 Å². The highest BCUT2D eigenvalue weighted by atomic mass is 35.5. The molecule has 0 aromatic carbocycles. The second-order valence-corrected chi connectivity index (χ2v) is 4.88. The highest BCUT2D eigenvalue weighted by Crippen LogP contribution is 2.08. The SMILES string of the molecule is Cl.Cl.O=C(NCCN1CCCCC1)[C@@H]1CCNC1. The Kier molecular flexibility index (Phi) is 9.83. The van der Waals surface area contributed by atoms with Gasteiger partial charge in [0.25, 0.3) is 0 Å². The summed E-state index contributed by atoms with van der Waals surface area (Å²) in [6.07, 6.45) is 5.01. The van der Waals surface area contributed by atoms with Crippen LogP contribution in [0.4, 0.5) is 0 Å². The van der Waals surface area contributed by atoms with Crippen LogP contribution in [0.1, 0.15) is 25.7 Å². The van der Waals surface area contributed by atoms with Crippen LogP contribution in [0.15, 0.2) is 0 Å². The molecule has 0 saturated carbocycles. The molecular formula is C12H25Cl2N3O. The third-order valence-electron chi connectivity index (χ3n) is 3.61. The van der Waals surface area contributed by atoms with Gasteiger partial charge in [0.1, 0.15) is 0 Å². The summed E-state index contributed by atoms with van der Waals surface area (Å²) < 4.78 is 0. The number of carbonyl (C=O) groups is 1. The lowest BCUT2D eigenvalue weighted by Gasteiger charge is -2.26. The van der Waals surface area contributed by atoms with Crippen LogP contribution in [-0.2, 0) is 4.79 Å². The molecule has 0 unspecified atom stereocenters. The van der Waals surface area contributed by atoms with Crippen molar-refractivity contribution >= 4 is 30.7 Å². The van der Waals surface area contributed by atoms with Crippen molar-refractivity contribution in [2.24, 2.45) is 5.92 Å². The average Bonchev–Trinajstić information content (AvgIpc) is 2.84. The molecular weight excluding hydrogens is 273 g/mol. The van der Waals surface area contributed by atoms with Crippen LogP contribution in [-0.4, -0.2) is 50.1 Å². The summed E-state index contributed by atoms with van der Waals surface area (Å²) in [5, 5.41) is 6.27. The third-order valence-corrected chi connectivity index (χ3v) is 3.61. The fourth-order valence-electron chi connectivity index (χ4n) is 2.54. The molecule has 0 radical (unpaired) electrons. The first-order chi connectivity index (χ1) is 7.86. The Hall–Kier alpha value is -0.0300. The van der Waals surface area contributed by atoms with Gasteiger partial charge in [-0.25, -0.2) is 0 Å². The second kappa shape index (κ2) is 9.84. The maximum atomic E-state index is 11.7.